The molecule has 0 aliphatic carbocycles. The number of thioether (sulfide) groups is 1. The molecule has 0 spiro atoms. The highest BCUT2D eigenvalue weighted by atomic mass is 32.2. The van der Waals surface area contributed by atoms with E-state index in [9.17, 15) is 0 Å². The number of thiophene rings is 1. The van der Waals surface area contributed by atoms with Crippen LogP contribution in [0.3, 0.4) is 0 Å². The number of benzene rings is 1. The monoisotopic (exact) mass is 412 g/mol. The molecule has 8 heteroatoms. The Bertz CT molecular complexity index is 1100. The van der Waals surface area contributed by atoms with Crippen LogP contribution in [0.15, 0.2) is 41.7 Å². The number of hydrogen-bond donors (Lipinski definition) is 0. The van der Waals surface area contributed by atoms with Crippen molar-refractivity contribution in [3.05, 3.63) is 42.1 Å². The van der Waals surface area contributed by atoms with Crippen LogP contribution in [0.25, 0.3) is 20.4 Å². The fourth-order valence-electron chi connectivity index (χ4n) is 3.50. The molecule has 1 aliphatic rings. The second kappa shape index (κ2) is 7.69. The van der Waals surface area contributed by atoms with Crippen LogP contribution >= 0.6 is 23.1 Å². The number of nitrogens with zero attached hydrogens (tertiary/aromatic N) is 4. The summed E-state index contributed by atoms with van der Waals surface area (Å²) in [5.74, 6) is 0.613. The molecule has 0 amide bonds. The summed E-state index contributed by atoms with van der Waals surface area (Å²) in [4.78, 5) is 10.3. The number of hydrogen-bond acceptors (Lipinski definition) is 7. The summed E-state index contributed by atoms with van der Waals surface area (Å²) in [5, 5.41) is 6.26. The molecular formula is C20H20N4O2S2. The van der Waals surface area contributed by atoms with Crippen molar-refractivity contribution in [3.63, 3.8) is 0 Å². The Morgan fingerprint density at radius 2 is 2.14 bits per heavy atom. The molecule has 4 heterocycles. The zero-order valence-corrected chi connectivity index (χ0v) is 17.1. The zero-order valence-electron chi connectivity index (χ0n) is 15.5. The summed E-state index contributed by atoms with van der Waals surface area (Å²) in [6, 6.07) is 10.1. The Kier molecular flexibility index (Phi) is 4.92. The average molecular weight is 413 g/mol. The first-order chi connectivity index (χ1) is 13.8. The van der Waals surface area contributed by atoms with Crippen molar-refractivity contribution in [1.29, 1.82) is 0 Å². The third kappa shape index (κ3) is 3.25. The fourth-order valence-corrected chi connectivity index (χ4v) is 4.93. The molecule has 1 aliphatic heterocycles. The van der Waals surface area contributed by atoms with Crippen LogP contribution in [0.2, 0.25) is 0 Å². The van der Waals surface area contributed by atoms with Gasteiger partial charge in [-0.05, 0) is 31.1 Å². The zero-order chi connectivity index (χ0) is 18.9. The number of fused-ring (bicyclic) bond motifs is 3. The molecule has 0 N–H and O–H groups in total. The van der Waals surface area contributed by atoms with Crippen molar-refractivity contribution in [1.82, 2.24) is 19.7 Å². The second-order valence-electron chi connectivity index (χ2n) is 6.70. The molecule has 1 atom stereocenters. The highest BCUT2D eigenvalue weighted by molar-refractivity contribution is 7.98. The molecule has 6 nitrogen and oxygen atoms in total. The summed E-state index contributed by atoms with van der Waals surface area (Å²) < 4.78 is 15.2. The fraction of sp³-hybridized carbons (Fsp3) is 0.350. The van der Waals surface area contributed by atoms with Crippen LogP contribution in [0.1, 0.15) is 31.1 Å². The van der Waals surface area contributed by atoms with Gasteiger partial charge in [-0.2, -0.15) is 10.1 Å². The van der Waals surface area contributed by atoms with Gasteiger partial charge in [-0.3, -0.25) is 0 Å². The van der Waals surface area contributed by atoms with Gasteiger partial charge in [-0.15, -0.1) is 11.3 Å². The van der Waals surface area contributed by atoms with Gasteiger partial charge in [0.25, 0.3) is 0 Å². The van der Waals surface area contributed by atoms with Gasteiger partial charge in [0, 0.05) is 6.61 Å². The van der Waals surface area contributed by atoms with E-state index in [2.05, 4.69) is 22.2 Å². The van der Waals surface area contributed by atoms with Gasteiger partial charge in [-0.25, -0.2) is 9.67 Å². The van der Waals surface area contributed by atoms with Gasteiger partial charge in [0.15, 0.2) is 11.4 Å². The van der Waals surface area contributed by atoms with Crippen LogP contribution in [0.5, 0.6) is 5.88 Å². The molecule has 4 aromatic rings. The van der Waals surface area contributed by atoms with E-state index in [1.54, 1.807) is 11.3 Å². The summed E-state index contributed by atoms with van der Waals surface area (Å²) in [6.07, 6.45) is 7.08. The molecule has 5 rings (SSSR count). The van der Waals surface area contributed by atoms with Crippen LogP contribution in [-0.2, 0) is 11.3 Å². The number of ether oxygens (including phenoxy) is 2. The maximum atomic E-state index is 6.19. The Labute approximate surface area is 170 Å². The quantitative estimate of drug-likeness (QED) is 0.338. The predicted octanol–water partition coefficient (Wildman–Crippen LogP) is 5.04. The lowest BCUT2D eigenvalue weighted by Gasteiger charge is -2.23. The highest BCUT2D eigenvalue weighted by Crippen LogP contribution is 2.40. The van der Waals surface area contributed by atoms with E-state index in [-0.39, 0.29) is 6.23 Å². The van der Waals surface area contributed by atoms with Gasteiger partial charge in [0.1, 0.15) is 11.4 Å². The van der Waals surface area contributed by atoms with Crippen molar-refractivity contribution < 1.29 is 9.47 Å². The third-order valence-corrected chi connectivity index (χ3v) is 6.41. The minimum Gasteiger partial charge on any atom is -0.472 e. The lowest BCUT2D eigenvalue weighted by molar-refractivity contribution is -0.0365. The van der Waals surface area contributed by atoms with E-state index in [0.29, 0.717) is 17.6 Å². The Morgan fingerprint density at radius 1 is 1.25 bits per heavy atom. The Hall–Kier alpha value is -2.16. The van der Waals surface area contributed by atoms with Crippen LogP contribution in [0.4, 0.5) is 0 Å². The van der Waals surface area contributed by atoms with E-state index in [0.717, 1.165) is 51.9 Å². The van der Waals surface area contributed by atoms with Gasteiger partial charge in [-0.1, -0.05) is 42.1 Å². The molecule has 1 fully saturated rings. The van der Waals surface area contributed by atoms with Crippen molar-refractivity contribution in [2.24, 2.45) is 0 Å². The van der Waals surface area contributed by atoms with Crippen LogP contribution < -0.4 is 4.74 Å². The highest BCUT2D eigenvalue weighted by Gasteiger charge is 2.24. The standard InChI is InChI=1S/C20H20N4O2S2/c1-27-20-22-18(26-12-13-7-3-2-4-8-13)16-17-14(28-19(16)23-20)11-21-24(17)15-9-5-6-10-25-15/h2-4,7-8,11,15H,5-6,9-10,12H2,1H3. The first kappa shape index (κ1) is 17.9. The van der Waals surface area contributed by atoms with Crippen molar-refractivity contribution >= 4 is 43.5 Å². The predicted molar refractivity (Wildman–Crippen MR) is 112 cm³/mol. The number of rotatable bonds is 5. The molecular weight excluding hydrogens is 392 g/mol. The first-order valence-electron chi connectivity index (χ1n) is 9.33. The molecule has 0 radical (unpaired) electrons. The van der Waals surface area contributed by atoms with E-state index < -0.39 is 0 Å². The molecule has 1 saturated heterocycles. The maximum Gasteiger partial charge on any atom is 0.228 e. The molecule has 0 bridgehead atoms. The van der Waals surface area contributed by atoms with E-state index in [1.165, 1.54) is 11.8 Å². The van der Waals surface area contributed by atoms with Crippen LogP contribution in [0, 0.1) is 0 Å². The SMILES string of the molecule is CSc1nc(OCc2ccccc2)c2c(n1)sc1cnn(C3CCCCO3)c12. The minimum atomic E-state index is -0.0359. The second-order valence-corrected chi connectivity index (χ2v) is 8.50. The van der Waals surface area contributed by atoms with E-state index in [1.807, 2.05) is 35.3 Å². The third-order valence-electron chi connectivity index (χ3n) is 4.86. The molecule has 0 saturated carbocycles. The van der Waals surface area contributed by atoms with E-state index in [4.69, 9.17) is 14.5 Å². The van der Waals surface area contributed by atoms with Crippen molar-refractivity contribution in [2.75, 3.05) is 12.9 Å². The lowest BCUT2D eigenvalue weighted by atomic mass is 10.2. The Morgan fingerprint density at radius 3 is 2.93 bits per heavy atom. The molecule has 144 valence electrons. The summed E-state index contributed by atoms with van der Waals surface area (Å²) in [5.41, 5.74) is 2.12. The Balaban J connectivity index is 1.61. The largest absolute Gasteiger partial charge is 0.472 e. The van der Waals surface area contributed by atoms with Gasteiger partial charge in [0.2, 0.25) is 5.88 Å². The topological polar surface area (TPSA) is 62.1 Å². The summed E-state index contributed by atoms with van der Waals surface area (Å²) in [6.45, 7) is 1.24. The number of aromatic nitrogens is 4. The molecule has 28 heavy (non-hydrogen) atoms. The average Bonchev–Trinajstić information content (AvgIpc) is 3.32. The minimum absolute atomic E-state index is 0.0359. The molecule has 1 aromatic carbocycles. The van der Waals surface area contributed by atoms with Crippen LogP contribution in [-0.4, -0.2) is 32.6 Å². The maximum absolute atomic E-state index is 6.19. The normalized spacial score (nSPS) is 17.4. The summed E-state index contributed by atoms with van der Waals surface area (Å²) in [7, 11) is 0. The van der Waals surface area contributed by atoms with Gasteiger partial charge < -0.3 is 9.47 Å². The molecule has 1 unspecified atom stereocenters. The van der Waals surface area contributed by atoms with Crippen molar-refractivity contribution in [2.45, 2.75) is 37.3 Å². The van der Waals surface area contributed by atoms with E-state index >= 15 is 0 Å². The van der Waals surface area contributed by atoms with Gasteiger partial charge >= 0.3 is 0 Å². The smallest absolute Gasteiger partial charge is 0.228 e. The van der Waals surface area contributed by atoms with Gasteiger partial charge in [0.05, 0.1) is 21.8 Å². The molecule has 3 aromatic heterocycles. The first-order valence-corrected chi connectivity index (χ1v) is 11.4. The van der Waals surface area contributed by atoms with Crippen molar-refractivity contribution in [3.8, 4) is 5.88 Å². The summed E-state index contributed by atoms with van der Waals surface area (Å²) >= 11 is 3.15. The lowest BCUT2D eigenvalue weighted by Crippen LogP contribution is -2.19.